The molecule has 3 nitrogen and oxygen atoms in total. The first-order chi connectivity index (χ1) is 8.91. The maximum Gasteiger partial charge on any atom is 0.225 e. The van der Waals surface area contributed by atoms with Gasteiger partial charge in [0.1, 0.15) is 0 Å². The molecule has 2 N–H and O–H groups in total. The first-order valence-electron chi connectivity index (χ1n) is 7.92. The van der Waals surface area contributed by atoms with E-state index in [9.17, 15) is 4.79 Å². The molecule has 0 aromatic carbocycles. The van der Waals surface area contributed by atoms with Crippen molar-refractivity contribution in [3.63, 3.8) is 0 Å². The third-order valence-corrected chi connectivity index (χ3v) is 4.61. The summed E-state index contributed by atoms with van der Waals surface area (Å²) in [6.07, 6.45) is 7.31. The molecule has 1 saturated carbocycles. The number of hydrogen-bond donors (Lipinski definition) is 1. The summed E-state index contributed by atoms with van der Waals surface area (Å²) in [6, 6.07) is 0.195. The van der Waals surface area contributed by atoms with Gasteiger partial charge in [-0.25, -0.2) is 0 Å². The minimum atomic E-state index is 0.170. The van der Waals surface area contributed by atoms with E-state index in [4.69, 9.17) is 5.73 Å². The standard InChI is InChI=1S/C16H32N2O/c1-12(2)15(17)9-10-18(4)16(19)13(3)11-14-7-5-6-8-14/h12-15H,5-11,17H2,1-4H3. The second-order valence-electron chi connectivity index (χ2n) is 6.74. The van der Waals surface area contributed by atoms with E-state index in [1.54, 1.807) is 0 Å². The Labute approximate surface area is 118 Å². The van der Waals surface area contributed by atoms with Gasteiger partial charge in [-0.15, -0.1) is 0 Å². The predicted octanol–water partition coefficient (Wildman–Crippen LogP) is 3.03. The molecule has 0 saturated heterocycles. The molecule has 0 heterocycles. The molecule has 1 aliphatic rings. The number of carbonyl (C=O) groups excluding carboxylic acids is 1. The van der Waals surface area contributed by atoms with E-state index in [0.29, 0.717) is 11.8 Å². The first-order valence-corrected chi connectivity index (χ1v) is 7.92. The Kier molecular flexibility index (Phi) is 6.84. The molecule has 2 unspecified atom stereocenters. The van der Waals surface area contributed by atoms with Crippen molar-refractivity contribution in [1.29, 1.82) is 0 Å². The molecule has 19 heavy (non-hydrogen) atoms. The van der Waals surface area contributed by atoms with Crippen LogP contribution in [0.3, 0.4) is 0 Å². The van der Waals surface area contributed by atoms with Gasteiger partial charge in [0, 0.05) is 25.6 Å². The lowest BCUT2D eigenvalue weighted by atomic mass is 9.93. The fraction of sp³-hybridized carbons (Fsp3) is 0.938. The molecule has 0 spiro atoms. The van der Waals surface area contributed by atoms with Gasteiger partial charge in [-0.2, -0.15) is 0 Å². The Morgan fingerprint density at radius 1 is 1.26 bits per heavy atom. The molecule has 112 valence electrons. The number of nitrogens with zero attached hydrogens (tertiary/aromatic N) is 1. The van der Waals surface area contributed by atoms with Crippen LogP contribution in [0.5, 0.6) is 0 Å². The Bertz CT molecular complexity index is 272. The van der Waals surface area contributed by atoms with Gasteiger partial charge in [-0.1, -0.05) is 46.5 Å². The number of amides is 1. The minimum Gasteiger partial charge on any atom is -0.345 e. The Balaban J connectivity index is 2.29. The molecule has 0 aromatic heterocycles. The average molecular weight is 268 g/mol. The van der Waals surface area contributed by atoms with Crippen molar-refractivity contribution >= 4 is 5.91 Å². The maximum atomic E-state index is 12.3. The summed E-state index contributed by atoms with van der Waals surface area (Å²) in [6.45, 7) is 7.14. The molecular formula is C16H32N2O. The predicted molar refractivity (Wildman–Crippen MR) is 80.8 cm³/mol. The SMILES string of the molecule is CC(CC1CCCC1)C(=O)N(C)CCC(N)C(C)C. The monoisotopic (exact) mass is 268 g/mol. The molecule has 3 heteroatoms. The van der Waals surface area contributed by atoms with Gasteiger partial charge in [-0.05, 0) is 24.7 Å². The summed E-state index contributed by atoms with van der Waals surface area (Å²) >= 11 is 0. The second-order valence-corrected chi connectivity index (χ2v) is 6.74. The number of hydrogen-bond acceptors (Lipinski definition) is 2. The molecule has 0 radical (unpaired) electrons. The summed E-state index contributed by atoms with van der Waals surface area (Å²) < 4.78 is 0. The summed E-state index contributed by atoms with van der Waals surface area (Å²) in [5.74, 6) is 1.73. The molecule has 0 aliphatic heterocycles. The van der Waals surface area contributed by atoms with Crippen LogP contribution in [0, 0.1) is 17.8 Å². The smallest absolute Gasteiger partial charge is 0.225 e. The van der Waals surface area contributed by atoms with Crippen molar-refractivity contribution in [3.05, 3.63) is 0 Å². The normalized spacial score (nSPS) is 19.7. The Morgan fingerprint density at radius 2 is 1.84 bits per heavy atom. The van der Waals surface area contributed by atoms with Crippen molar-refractivity contribution in [2.45, 2.75) is 65.3 Å². The third-order valence-electron chi connectivity index (χ3n) is 4.61. The van der Waals surface area contributed by atoms with Gasteiger partial charge in [-0.3, -0.25) is 4.79 Å². The van der Waals surface area contributed by atoms with Gasteiger partial charge < -0.3 is 10.6 Å². The molecule has 1 rings (SSSR count). The second kappa shape index (κ2) is 7.88. The number of rotatable bonds is 7. The molecule has 1 amide bonds. The van der Waals surface area contributed by atoms with Crippen molar-refractivity contribution in [1.82, 2.24) is 4.90 Å². The molecule has 0 aromatic rings. The van der Waals surface area contributed by atoms with Crippen molar-refractivity contribution in [2.24, 2.45) is 23.5 Å². The molecule has 0 bridgehead atoms. The quantitative estimate of drug-likeness (QED) is 0.771. The zero-order valence-corrected chi connectivity index (χ0v) is 13.2. The van der Waals surface area contributed by atoms with Crippen LogP contribution < -0.4 is 5.73 Å². The summed E-state index contributed by atoms with van der Waals surface area (Å²) in [7, 11) is 1.92. The van der Waals surface area contributed by atoms with Crippen molar-refractivity contribution < 1.29 is 4.79 Å². The summed E-state index contributed by atoms with van der Waals surface area (Å²) in [5.41, 5.74) is 6.04. The van der Waals surface area contributed by atoms with Gasteiger partial charge in [0.2, 0.25) is 5.91 Å². The Hall–Kier alpha value is -0.570. The average Bonchev–Trinajstić information content (AvgIpc) is 2.86. The van der Waals surface area contributed by atoms with Crippen LogP contribution in [-0.2, 0) is 4.79 Å². The van der Waals surface area contributed by atoms with Crippen LogP contribution in [-0.4, -0.2) is 30.4 Å². The lowest BCUT2D eigenvalue weighted by molar-refractivity contribution is -0.134. The van der Waals surface area contributed by atoms with Crippen LogP contribution in [0.1, 0.15) is 59.3 Å². The van der Waals surface area contributed by atoms with Gasteiger partial charge in [0.25, 0.3) is 0 Å². The van der Waals surface area contributed by atoms with Crippen LogP contribution >= 0.6 is 0 Å². The highest BCUT2D eigenvalue weighted by molar-refractivity contribution is 5.78. The van der Waals surface area contributed by atoms with E-state index in [-0.39, 0.29) is 12.0 Å². The van der Waals surface area contributed by atoms with E-state index in [1.807, 2.05) is 11.9 Å². The van der Waals surface area contributed by atoms with Crippen molar-refractivity contribution in [3.8, 4) is 0 Å². The van der Waals surface area contributed by atoms with E-state index in [0.717, 1.165) is 25.3 Å². The number of carbonyl (C=O) groups is 1. The van der Waals surface area contributed by atoms with Gasteiger partial charge >= 0.3 is 0 Å². The van der Waals surface area contributed by atoms with Crippen LogP contribution in [0.25, 0.3) is 0 Å². The van der Waals surface area contributed by atoms with Crippen LogP contribution in [0.4, 0.5) is 0 Å². The number of nitrogens with two attached hydrogens (primary N) is 1. The largest absolute Gasteiger partial charge is 0.345 e. The van der Waals surface area contributed by atoms with E-state index < -0.39 is 0 Å². The Morgan fingerprint density at radius 3 is 2.37 bits per heavy atom. The molecule has 2 atom stereocenters. The lowest BCUT2D eigenvalue weighted by Gasteiger charge is -2.25. The van der Waals surface area contributed by atoms with E-state index in [1.165, 1.54) is 25.7 Å². The minimum absolute atomic E-state index is 0.170. The zero-order chi connectivity index (χ0) is 14.4. The molecule has 1 fully saturated rings. The highest BCUT2D eigenvalue weighted by Gasteiger charge is 2.24. The topological polar surface area (TPSA) is 46.3 Å². The van der Waals surface area contributed by atoms with Crippen LogP contribution in [0.15, 0.2) is 0 Å². The fourth-order valence-corrected chi connectivity index (χ4v) is 3.01. The summed E-state index contributed by atoms with van der Waals surface area (Å²) in [4.78, 5) is 14.2. The van der Waals surface area contributed by atoms with Gasteiger partial charge in [0.05, 0.1) is 0 Å². The maximum absolute atomic E-state index is 12.3. The summed E-state index contributed by atoms with van der Waals surface area (Å²) in [5, 5.41) is 0. The van der Waals surface area contributed by atoms with E-state index in [2.05, 4.69) is 20.8 Å². The highest BCUT2D eigenvalue weighted by atomic mass is 16.2. The van der Waals surface area contributed by atoms with E-state index >= 15 is 0 Å². The molecule has 1 aliphatic carbocycles. The third kappa shape index (κ3) is 5.52. The zero-order valence-electron chi connectivity index (χ0n) is 13.2. The van der Waals surface area contributed by atoms with Crippen molar-refractivity contribution in [2.75, 3.05) is 13.6 Å². The lowest BCUT2D eigenvalue weighted by Crippen LogP contribution is -2.37. The van der Waals surface area contributed by atoms with Gasteiger partial charge in [0.15, 0.2) is 0 Å². The highest BCUT2D eigenvalue weighted by Crippen LogP contribution is 2.30. The van der Waals surface area contributed by atoms with Crippen LogP contribution in [0.2, 0.25) is 0 Å². The first kappa shape index (κ1) is 16.5. The molecular weight excluding hydrogens is 236 g/mol. The fourth-order valence-electron chi connectivity index (χ4n) is 3.01.